The Kier molecular flexibility index (Phi) is 2.51. The molecule has 0 unspecified atom stereocenters. The molecule has 0 aromatic heterocycles. The van der Waals surface area contributed by atoms with Gasteiger partial charge in [-0.25, -0.2) is 5.06 Å². The van der Waals surface area contributed by atoms with Crippen molar-refractivity contribution in [3.05, 3.63) is 0 Å². The number of hydrogen-bond donors (Lipinski definition) is 1. The van der Waals surface area contributed by atoms with E-state index >= 15 is 0 Å². The summed E-state index contributed by atoms with van der Waals surface area (Å²) in [6.45, 7) is 0. The maximum atomic E-state index is 10.9. The highest BCUT2D eigenvalue weighted by Gasteiger charge is 2.18. The van der Waals surface area contributed by atoms with Gasteiger partial charge in [0, 0.05) is 7.05 Å². The molecule has 0 saturated carbocycles. The molecule has 0 radical (unpaired) electrons. The van der Waals surface area contributed by atoms with E-state index in [4.69, 9.17) is 5.21 Å². The first kappa shape index (κ1) is 8.78. The van der Waals surface area contributed by atoms with Crippen LogP contribution in [0.5, 0.6) is 0 Å². The summed E-state index contributed by atoms with van der Waals surface area (Å²) in [7, 11) is 0.0828. The van der Waals surface area contributed by atoms with Gasteiger partial charge in [-0.3, -0.25) is 10.0 Å². The first-order valence-electron chi connectivity index (χ1n) is 2.50. The highest BCUT2D eigenvalue weighted by atomic mass is 32.3. The van der Waals surface area contributed by atoms with Gasteiger partial charge in [0.05, 0.1) is 0 Å². The van der Waals surface area contributed by atoms with Crippen LogP contribution in [0.15, 0.2) is 0 Å². The Hall–Kier alpha value is -0.220. The molecule has 56 valence electrons. The normalized spacial score (nSPS) is 13.0. The lowest BCUT2D eigenvalue weighted by molar-refractivity contribution is -0.00587. The molecule has 0 aromatic rings. The largest absolute Gasteiger partial charge is 0.286 e. The van der Waals surface area contributed by atoms with Crippen molar-refractivity contribution in [3.8, 4) is 0 Å². The van der Waals surface area contributed by atoms with Crippen LogP contribution < -0.4 is 0 Å². The van der Waals surface area contributed by atoms with Crippen LogP contribution in [0.4, 0.5) is 4.79 Å². The average Bonchev–Trinajstić information content (AvgIpc) is 1.62. The maximum absolute atomic E-state index is 10.9. The minimum Gasteiger partial charge on any atom is -0.286 e. The molecule has 0 heterocycles. The highest BCUT2D eigenvalue weighted by Crippen LogP contribution is 2.36. The Bertz CT molecular complexity index is 117. The van der Waals surface area contributed by atoms with Crippen LogP contribution in [0, 0.1) is 0 Å². The van der Waals surface area contributed by atoms with E-state index in [0.29, 0.717) is 5.06 Å². The summed E-state index contributed by atoms with van der Waals surface area (Å²) >= 11 is 0. The zero-order chi connectivity index (χ0) is 7.65. The van der Waals surface area contributed by atoms with E-state index < -0.39 is 10.0 Å². The minimum atomic E-state index is -1.27. The quantitative estimate of drug-likeness (QED) is 0.416. The van der Waals surface area contributed by atoms with E-state index in [2.05, 4.69) is 0 Å². The van der Waals surface area contributed by atoms with Crippen molar-refractivity contribution in [2.45, 2.75) is 0 Å². The standard InChI is InChI=1S/C5H13NO2S/c1-6(8)5(7)9(2,3)4/h8H,1-4H3. The third-order valence-electron chi connectivity index (χ3n) is 0.788. The van der Waals surface area contributed by atoms with Crippen molar-refractivity contribution >= 4 is 15.3 Å². The lowest BCUT2D eigenvalue weighted by Crippen LogP contribution is -2.24. The van der Waals surface area contributed by atoms with Gasteiger partial charge < -0.3 is 0 Å². The first-order chi connectivity index (χ1) is 3.85. The lowest BCUT2D eigenvalue weighted by Gasteiger charge is -2.25. The van der Waals surface area contributed by atoms with E-state index in [1.807, 2.05) is 18.8 Å². The summed E-state index contributed by atoms with van der Waals surface area (Å²) < 4.78 is 0. The van der Waals surface area contributed by atoms with Gasteiger partial charge in [0.25, 0.3) is 5.24 Å². The van der Waals surface area contributed by atoms with Gasteiger partial charge >= 0.3 is 0 Å². The zero-order valence-electron chi connectivity index (χ0n) is 6.21. The fourth-order valence-corrected chi connectivity index (χ4v) is 1.19. The van der Waals surface area contributed by atoms with E-state index in [0.717, 1.165) is 0 Å². The molecule has 0 aliphatic carbocycles. The van der Waals surface area contributed by atoms with Crippen molar-refractivity contribution in [2.24, 2.45) is 0 Å². The Morgan fingerprint density at radius 1 is 1.44 bits per heavy atom. The van der Waals surface area contributed by atoms with Crippen molar-refractivity contribution in [2.75, 3.05) is 25.8 Å². The first-order valence-corrected chi connectivity index (χ1v) is 5.36. The van der Waals surface area contributed by atoms with E-state index in [9.17, 15) is 4.79 Å². The number of nitrogens with zero attached hydrogens (tertiary/aromatic N) is 1. The van der Waals surface area contributed by atoms with Crippen molar-refractivity contribution in [3.63, 3.8) is 0 Å². The van der Waals surface area contributed by atoms with E-state index in [1.165, 1.54) is 7.05 Å². The average molecular weight is 151 g/mol. The van der Waals surface area contributed by atoms with Gasteiger partial charge in [-0.1, -0.05) is 0 Å². The molecule has 0 aliphatic heterocycles. The molecular formula is C5H13NO2S. The van der Waals surface area contributed by atoms with Crippen molar-refractivity contribution in [1.82, 2.24) is 5.06 Å². The SMILES string of the molecule is CN(O)C(=O)S(C)(C)C. The van der Waals surface area contributed by atoms with E-state index in [1.54, 1.807) is 0 Å². The predicted octanol–water partition coefficient (Wildman–Crippen LogP) is 1.12. The molecule has 0 fully saturated rings. The molecule has 9 heavy (non-hydrogen) atoms. The Morgan fingerprint density at radius 3 is 1.78 bits per heavy atom. The van der Waals surface area contributed by atoms with Crippen LogP contribution in [0.1, 0.15) is 0 Å². The number of hydroxylamine groups is 2. The fraction of sp³-hybridized carbons (Fsp3) is 0.800. The van der Waals surface area contributed by atoms with Crippen LogP contribution in [-0.2, 0) is 0 Å². The zero-order valence-corrected chi connectivity index (χ0v) is 7.03. The highest BCUT2D eigenvalue weighted by molar-refractivity contribution is 8.43. The fourth-order valence-electron chi connectivity index (χ4n) is 0.396. The summed E-state index contributed by atoms with van der Waals surface area (Å²) in [4.78, 5) is 10.9. The number of hydrogen-bond acceptors (Lipinski definition) is 2. The summed E-state index contributed by atoms with van der Waals surface area (Å²) in [5.41, 5.74) is 0. The Morgan fingerprint density at radius 2 is 1.78 bits per heavy atom. The Balaban J connectivity index is 4.06. The number of carbonyl (C=O) groups is 1. The lowest BCUT2D eigenvalue weighted by atomic mass is 11.2. The summed E-state index contributed by atoms with van der Waals surface area (Å²) in [6, 6.07) is 0. The molecule has 0 rings (SSSR count). The van der Waals surface area contributed by atoms with Crippen molar-refractivity contribution < 1.29 is 10.0 Å². The molecule has 0 spiro atoms. The molecule has 0 saturated heterocycles. The smallest absolute Gasteiger partial charge is 0.286 e. The summed E-state index contributed by atoms with van der Waals surface area (Å²) in [5, 5.41) is 9.12. The minimum absolute atomic E-state index is 0.192. The monoisotopic (exact) mass is 151 g/mol. The Labute approximate surface area is 56.9 Å². The van der Waals surface area contributed by atoms with Gasteiger partial charge in [0.1, 0.15) is 0 Å². The summed E-state index contributed by atoms with van der Waals surface area (Å²) in [6.07, 6.45) is 5.51. The van der Waals surface area contributed by atoms with Crippen LogP contribution in [0.3, 0.4) is 0 Å². The third kappa shape index (κ3) is 2.72. The number of rotatable bonds is 0. The molecule has 4 heteroatoms. The second kappa shape index (κ2) is 2.58. The molecular weight excluding hydrogens is 138 g/mol. The molecule has 0 aliphatic rings. The molecule has 1 N–H and O–H groups in total. The van der Waals surface area contributed by atoms with E-state index in [-0.39, 0.29) is 5.24 Å². The second-order valence-corrected chi connectivity index (χ2v) is 6.65. The van der Waals surface area contributed by atoms with Gasteiger partial charge in [-0.05, 0) is 18.8 Å². The number of carbonyl (C=O) groups excluding carboxylic acids is 1. The van der Waals surface area contributed by atoms with Crippen LogP contribution in [0.2, 0.25) is 0 Å². The second-order valence-electron chi connectivity index (χ2n) is 2.63. The van der Waals surface area contributed by atoms with Gasteiger partial charge in [-0.15, -0.1) is 0 Å². The predicted molar refractivity (Wildman–Crippen MR) is 40.3 cm³/mol. The summed E-state index contributed by atoms with van der Waals surface area (Å²) in [5.74, 6) is 0. The van der Waals surface area contributed by atoms with Gasteiger partial charge in [-0.2, -0.15) is 10.0 Å². The molecule has 1 amide bonds. The molecule has 0 bridgehead atoms. The van der Waals surface area contributed by atoms with Gasteiger partial charge in [0.15, 0.2) is 0 Å². The van der Waals surface area contributed by atoms with Crippen LogP contribution >= 0.6 is 10.0 Å². The molecule has 0 aromatic carbocycles. The third-order valence-corrected chi connectivity index (χ3v) is 2.10. The number of amides is 1. The molecule has 0 atom stereocenters. The maximum Gasteiger partial charge on any atom is 0.286 e. The van der Waals surface area contributed by atoms with Crippen molar-refractivity contribution in [1.29, 1.82) is 0 Å². The van der Waals surface area contributed by atoms with Crippen LogP contribution in [0.25, 0.3) is 0 Å². The van der Waals surface area contributed by atoms with Gasteiger partial charge in [0.2, 0.25) is 0 Å². The topological polar surface area (TPSA) is 40.5 Å². The molecule has 3 nitrogen and oxygen atoms in total. The van der Waals surface area contributed by atoms with Crippen LogP contribution in [-0.4, -0.2) is 41.3 Å².